The highest BCUT2D eigenvalue weighted by atomic mass is 32.2. The van der Waals surface area contributed by atoms with Gasteiger partial charge in [0.15, 0.2) is 9.84 Å². The molecule has 146 valence electrons. The molecular weight excluding hydrogens is 382 g/mol. The summed E-state index contributed by atoms with van der Waals surface area (Å²) in [7, 11) is -3.30. The summed E-state index contributed by atoms with van der Waals surface area (Å²) in [6, 6.07) is 10.2. The molecule has 0 radical (unpaired) electrons. The first-order chi connectivity index (χ1) is 13.5. The molecule has 0 saturated carbocycles. The summed E-state index contributed by atoms with van der Waals surface area (Å²) >= 11 is 0. The van der Waals surface area contributed by atoms with Crippen LogP contribution in [0.1, 0.15) is 34.7 Å². The molecule has 0 atom stereocenters. The number of aromatic amines is 2. The number of Topliss-reactive ketones (excluding diaryl/α,β-unsaturated/α-hetero) is 2. The molecule has 0 aliphatic carbocycles. The average molecular weight is 401 g/mol. The molecule has 3 aromatic rings. The average Bonchev–Trinajstić information content (AvgIpc) is 3.38. The van der Waals surface area contributed by atoms with Crippen molar-refractivity contribution in [3.05, 3.63) is 59.7 Å². The Balaban J connectivity index is 1.52. The van der Waals surface area contributed by atoms with Crippen molar-refractivity contribution in [2.24, 2.45) is 0 Å². The minimum absolute atomic E-state index is 0.0615. The van der Waals surface area contributed by atoms with Gasteiger partial charge in [0, 0.05) is 11.9 Å². The highest BCUT2D eigenvalue weighted by Gasteiger charge is 2.22. The van der Waals surface area contributed by atoms with Crippen LogP contribution in [-0.2, 0) is 27.5 Å². The molecule has 0 aliphatic rings. The summed E-state index contributed by atoms with van der Waals surface area (Å²) in [5.74, 6) is -1.64. The van der Waals surface area contributed by atoms with Crippen LogP contribution in [0, 0.1) is 0 Å². The number of hydrogen-bond acceptors (Lipinski definition) is 7. The summed E-state index contributed by atoms with van der Waals surface area (Å²) in [5.41, 5.74) is 1.51. The highest BCUT2D eigenvalue weighted by molar-refractivity contribution is 7.91. The van der Waals surface area contributed by atoms with Crippen molar-refractivity contribution in [3.8, 4) is 0 Å². The number of sulfone groups is 1. The van der Waals surface area contributed by atoms with Crippen molar-refractivity contribution < 1.29 is 18.0 Å². The van der Waals surface area contributed by atoms with Gasteiger partial charge in [-0.05, 0) is 48.2 Å². The molecule has 0 saturated heterocycles. The number of tetrazole rings is 1. The minimum atomic E-state index is -3.30. The third-order valence-electron chi connectivity index (χ3n) is 4.28. The second kappa shape index (κ2) is 8.70. The van der Waals surface area contributed by atoms with E-state index in [9.17, 15) is 18.0 Å². The van der Waals surface area contributed by atoms with E-state index in [0.717, 1.165) is 5.56 Å². The van der Waals surface area contributed by atoms with E-state index in [1.165, 1.54) is 0 Å². The zero-order valence-electron chi connectivity index (χ0n) is 15.0. The summed E-state index contributed by atoms with van der Waals surface area (Å²) < 4.78 is 24.6. The van der Waals surface area contributed by atoms with Gasteiger partial charge in [0.05, 0.1) is 17.1 Å². The van der Waals surface area contributed by atoms with Gasteiger partial charge in [-0.2, -0.15) is 5.21 Å². The molecule has 2 N–H and O–H groups in total. The third-order valence-corrected chi connectivity index (χ3v) is 6.10. The van der Waals surface area contributed by atoms with Crippen LogP contribution in [0.2, 0.25) is 0 Å². The van der Waals surface area contributed by atoms with Gasteiger partial charge in [-0.15, -0.1) is 10.2 Å². The molecule has 9 nitrogen and oxygen atoms in total. The molecule has 28 heavy (non-hydrogen) atoms. The van der Waals surface area contributed by atoms with Gasteiger partial charge in [-0.25, -0.2) is 8.42 Å². The lowest BCUT2D eigenvalue weighted by atomic mass is 10.0. The highest BCUT2D eigenvalue weighted by Crippen LogP contribution is 2.15. The molecule has 0 unspecified atom stereocenters. The smallest absolute Gasteiger partial charge is 0.269 e. The molecule has 1 aromatic carbocycles. The van der Waals surface area contributed by atoms with Crippen LogP contribution in [0.3, 0.4) is 0 Å². The third kappa shape index (κ3) is 4.77. The fourth-order valence-electron chi connectivity index (χ4n) is 2.81. The van der Waals surface area contributed by atoms with Crippen LogP contribution in [0.15, 0.2) is 47.5 Å². The molecule has 2 heterocycles. The zero-order valence-corrected chi connectivity index (χ0v) is 15.8. The molecule has 2 aromatic heterocycles. The number of hydrogen-bond donors (Lipinski definition) is 2. The first-order valence-corrected chi connectivity index (χ1v) is 10.4. The van der Waals surface area contributed by atoms with E-state index in [1.807, 2.05) is 6.07 Å². The van der Waals surface area contributed by atoms with Crippen molar-refractivity contribution in [1.29, 1.82) is 0 Å². The molecule has 0 spiro atoms. The number of nitrogens with zero attached hydrogens (tertiary/aromatic N) is 3. The van der Waals surface area contributed by atoms with E-state index in [4.69, 9.17) is 0 Å². The van der Waals surface area contributed by atoms with Gasteiger partial charge in [-0.3, -0.25) is 9.59 Å². The Labute approximate surface area is 161 Å². The molecule has 0 fully saturated rings. The molecular formula is C18H19N5O4S. The summed E-state index contributed by atoms with van der Waals surface area (Å²) in [6.45, 7) is 0. The number of aryl methyl sites for hydroxylation is 1. The van der Waals surface area contributed by atoms with Gasteiger partial charge in [0.1, 0.15) is 0 Å². The summed E-state index contributed by atoms with van der Waals surface area (Å²) in [6.07, 6.45) is 3.34. The lowest BCUT2D eigenvalue weighted by Gasteiger charge is -2.05. The Morgan fingerprint density at radius 1 is 1.04 bits per heavy atom. The van der Waals surface area contributed by atoms with E-state index < -0.39 is 21.4 Å². The second-order valence-corrected chi connectivity index (χ2v) is 8.34. The van der Waals surface area contributed by atoms with Gasteiger partial charge in [0.2, 0.25) is 11.6 Å². The quantitative estimate of drug-likeness (QED) is 0.297. The fourth-order valence-corrected chi connectivity index (χ4v) is 4.20. The van der Waals surface area contributed by atoms with Crippen molar-refractivity contribution in [1.82, 2.24) is 25.6 Å². The van der Waals surface area contributed by atoms with Gasteiger partial charge >= 0.3 is 0 Å². The Bertz CT molecular complexity index is 1040. The van der Waals surface area contributed by atoms with Gasteiger partial charge in [0.25, 0.3) is 5.78 Å². The molecule has 10 heteroatoms. The Morgan fingerprint density at radius 2 is 1.82 bits per heavy atom. The van der Waals surface area contributed by atoms with Crippen molar-refractivity contribution in [3.63, 3.8) is 0 Å². The maximum atomic E-state index is 12.3. The van der Waals surface area contributed by atoms with E-state index in [0.29, 0.717) is 29.9 Å². The number of nitrogens with one attached hydrogen (secondary N) is 2. The number of carbonyl (C=O) groups is 2. The first kappa shape index (κ1) is 19.6. The number of unbranched alkanes of at least 4 members (excludes halogenated alkanes) is 1. The van der Waals surface area contributed by atoms with Gasteiger partial charge in [-0.1, -0.05) is 18.2 Å². The van der Waals surface area contributed by atoms with Crippen LogP contribution in [0.4, 0.5) is 0 Å². The second-order valence-electron chi connectivity index (χ2n) is 6.23. The molecule has 3 rings (SSSR count). The normalized spacial score (nSPS) is 11.4. The monoisotopic (exact) mass is 401 g/mol. The number of carbonyl (C=O) groups excluding carboxylic acids is 2. The van der Waals surface area contributed by atoms with Crippen LogP contribution in [0.25, 0.3) is 0 Å². The lowest BCUT2D eigenvalue weighted by Crippen LogP contribution is -2.19. The molecule has 0 amide bonds. The van der Waals surface area contributed by atoms with E-state index in [1.54, 1.807) is 36.5 Å². The van der Waals surface area contributed by atoms with Crippen LogP contribution >= 0.6 is 0 Å². The fraction of sp³-hybridized carbons (Fsp3) is 0.278. The minimum Gasteiger partial charge on any atom is -0.364 e. The Hall–Kier alpha value is -3.14. The number of H-pyrrole nitrogens is 2. The van der Waals surface area contributed by atoms with Crippen LogP contribution in [-0.4, -0.2) is 51.3 Å². The topological polar surface area (TPSA) is 139 Å². The lowest BCUT2D eigenvalue weighted by molar-refractivity contribution is -0.114. The van der Waals surface area contributed by atoms with Gasteiger partial charge < -0.3 is 4.98 Å². The predicted octanol–water partition coefficient (Wildman–Crippen LogP) is 1.32. The Morgan fingerprint density at radius 3 is 2.54 bits per heavy atom. The largest absolute Gasteiger partial charge is 0.364 e. The van der Waals surface area contributed by atoms with Crippen LogP contribution < -0.4 is 0 Å². The zero-order chi connectivity index (χ0) is 20.0. The maximum Gasteiger partial charge on any atom is 0.269 e. The number of ketones is 2. The van der Waals surface area contributed by atoms with Crippen LogP contribution in [0.5, 0.6) is 0 Å². The van der Waals surface area contributed by atoms with Crippen molar-refractivity contribution in [2.75, 3.05) is 5.75 Å². The predicted molar refractivity (Wildman–Crippen MR) is 99.4 cm³/mol. The Kier molecular flexibility index (Phi) is 6.09. The number of rotatable bonds is 10. The molecule has 0 aliphatic heterocycles. The molecule has 0 bridgehead atoms. The van der Waals surface area contributed by atoms with Crippen molar-refractivity contribution >= 4 is 21.4 Å². The number of benzene rings is 1. The summed E-state index contributed by atoms with van der Waals surface area (Å²) in [5, 5.41) is 12.4. The maximum absolute atomic E-state index is 12.3. The van der Waals surface area contributed by atoms with E-state index >= 15 is 0 Å². The first-order valence-electron chi connectivity index (χ1n) is 8.71. The van der Waals surface area contributed by atoms with E-state index in [2.05, 4.69) is 25.6 Å². The number of aromatic nitrogens is 5. The van der Waals surface area contributed by atoms with E-state index in [-0.39, 0.29) is 18.0 Å². The SMILES string of the molecule is O=C(Cc1[nH]ccc1CCCCS(=O)(=O)c1ccccc1)C(=O)c1nn[nH]n1. The standard InChI is InChI=1S/C18H19N5O4S/c24-16(17(25)18-20-22-23-21-18)12-15-13(9-10-19-15)6-4-5-11-28(26,27)14-7-2-1-3-8-14/h1-3,7-10,19H,4-6,11-12H2,(H,20,21,22,23). The van der Waals surface area contributed by atoms with Crippen molar-refractivity contribution in [2.45, 2.75) is 30.6 Å². The summed E-state index contributed by atoms with van der Waals surface area (Å²) in [4.78, 5) is 27.3.